The van der Waals surface area contributed by atoms with Crippen molar-refractivity contribution in [3.8, 4) is 33.4 Å². The number of furan rings is 1. The number of hydrogen-bond acceptors (Lipinski definition) is 2. The van der Waals surface area contributed by atoms with Gasteiger partial charge in [-0.3, -0.25) is 0 Å². The molecular formula is C60H41NO. The molecule has 12 rings (SSSR count). The summed E-state index contributed by atoms with van der Waals surface area (Å²) in [5.41, 5.74) is 13.9. The third-order valence-corrected chi connectivity index (χ3v) is 12.8. The van der Waals surface area contributed by atoms with Crippen LogP contribution in [0.4, 0.5) is 11.4 Å². The van der Waals surface area contributed by atoms with Crippen LogP contribution in [0.3, 0.4) is 0 Å². The zero-order valence-corrected chi connectivity index (χ0v) is 34.1. The van der Waals surface area contributed by atoms with Gasteiger partial charge < -0.3 is 9.32 Å². The first-order valence-electron chi connectivity index (χ1n) is 21.5. The molecule has 0 saturated carbocycles. The van der Waals surface area contributed by atoms with Gasteiger partial charge in [-0.15, -0.1) is 0 Å². The average Bonchev–Trinajstić information content (AvgIpc) is 3.74. The van der Waals surface area contributed by atoms with Gasteiger partial charge in [0.1, 0.15) is 11.2 Å². The summed E-state index contributed by atoms with van der Waals surface area (Å²) in [4.78, 5) is 2.51. The van der Waals surface area contributed by atoms with Gasteiger partial charge in [-0.05, 0) is 126 Å². The molecular weight excluding hydrogens is 751 g/mol. The van der Waals surface area contributed by atoms with Gasteiger partial charge in [-0.2, -0.15) is 0 Å². The van der Waals surface area contributed by atoms with Crippen molar-refractivity contribution in [1.29, 1.82) is 0 Å². The molecule has 0 amide bonds. The second-order valence-corrected chi connectivity index (χ2v) is 16.4. The Morgan fingerprint density at radius 3 is 1.87 bits per heavy atom. The Labute approximate surface area is 360 Å². The summed E-state index contributed by atoms with van der Waals surface area (Å²) in [5.74, 6) is 0. The fourth-order valence-electron chi connectivity index (χ4n) is 9.69. The maximum absolute atomic E-state index is 6.57. The predicted molar refractivity (Wildman–Crippen MR) is 263 cm³/mol. The topological polar surface area (TPSA) is 16.4 Å². The van der Waals surface area contributed by atoms with Crippen molar-refractivity contribution in [1.82, 2.24) is 0 Å². The fourth-order valence-corrected chi connectivity index (χ4v) is 9.69. The molecule has 0 N–H and O–H groups in total. The molecule has 292 valence electrons. The molecule has 1 unspecified atom stereocenters. The van der Waals surface area contributed by atoms with Crippen LogP contribution < -0.4 is 4.90 Å². The molecule has 0 aliphatic heterocycles. The first-order chi connectivity index (χ1) is 30.7. The van der Waals surface area contributed by atoms with Crippen molar-refractivity contribution in [3.63, 3.8) is 0 Å². The lowest BCUT2D eigenvalue weighted by molar-refractivity contribution is 0.672. The first-order valence-corrected chi connectivity index (χ1v) is 21.5. The van der Waals surface area contributed by atoms with Gasteiger partial charge in [0.05, 0.1) is 6.04 Å². The summed E-state index contributed by atoms with van der Waals surface area (Å²) in [6.45, 7) is 0. The molecule has 62 heavy (non-hydrogen) atoms. The van der Waals surface area contributed by atoms with E-state index in [9.17, 15) is 0 Å². The Morgan fingerprint density at radius 2 is 1.03 bits per heavy atom. The van der Waals surface area contributed by atoms with Gasteiger partial charge in [0.15, 0.2) is 0 Å². The number of rotatable bonds is 7. The highest BCUT2D eigenvalue weighted by Crippen LogP contribution is 2.41. The van der Waals surface area contributed by atoms with Crippen LogP contribution in [0.15, 0.2) is 235 Å². The molecule has 1 aromatic heterocycles. The number of fused-ring (bicyclic) bond motifs is 7. The smallest absolute Gasteiger partial charge is 0.143 e. The van der Waals surface area contributed by atoms with Gasteiger partial charge in [-0.1, -0.05) is 182 Å². The molecule has 0 saturated heterocycles. The number of benzene rings is 10. The molecule has 0 bridgehead atoms. The van der Waals surface area contributed by atoms with E-state index in [1.807, 2.05) is 0 Å². The van der Waals surface area contributed by atoms with Gasteiger partial charge in [0.25, 0.3) is 0 Å². The van der Waals surface area contributed by atoms with Crippen LogP contribution in [0, 0.1) is 0 Å². The normalized spacial score (nSPS) is 13.9. The molecule has 2 heteroatoms. The van der Waals surface area contributed by atoms with Crippen LogP contribution in [-0.2, 0) is 0 Å². The number of allylic oxidation sites excluding steroid dienone is 2. The van der Waals surface area contributed by atoms with E-state index in [2.05, 4.69) is 235 Å². The molecule has 10 aromatic carbocycles. The lowest BCUT2D eigenvalue weighted by Gasteiger charge is -2.34. The molecule has 0 fully saturated rings. The summed E-state index contributed by atoms with van der Waals surface area (Å²) < 4.78 is 6.57. The zero-order valence-electron chi connectivity index (χ0n) is 34.1. The molecule has 0 spiro atoms. The predicted octanol–water partition coefficient (Wildman–Crippen LogP) is 16.6. The maximum Gasteiger partial charge on any atom is 0.143 e. The SMILES string of the molecule is C1=CC(N(c2ccc(-c3cccc(-c4ccc5ccccc5c4)c3)cc2)c2cccc(-c3cccc4ccccc34)c2)CC=C1c1cccc2oc3c4ccccc4ccc3c12. The Morgan fingerprint density at radius 1 is 0.403 bits per heavy atom. The third-order valence-electron chi connectivity index (χ3n) is 12.8. The standard InChI is InChI=1S/C60H41NO/c1-2-14-45-38-48(26-25-40(45)11-1)47-17-7-16-46(37-47)41-27-32-50(33-28-41)61(52-19-8-18-49(39-52)54-22-9-15-42-12-3-5-20-53(42)54)51-34-29-44(30-35-51)55-23-10-24-58-59(55)57-36-31-43-13-4-6-21-56(43)60(57)62-58/h1-34,36-39,51H,35H2. The van der Waals surface area contributed by atoms with Crippen LogP contribution in [0.5, 0.6) is 0 Å². The summed E-state index contributed by atoms with van der Waals surface area (Å²) in [6.07, 6.45) is 7.96. The Balaban J connectivity index is 0.919. The van der Waals surface area contributed by atoms with Crippen molar-refractivity contribution >= 4 is 71.2 Å². The van der Waals surface area contributed by atoms with E-state index in [4.69, 9.17) is 4.42 Å². The summed E-state index contributed by atoms with van der Waals surface area (Å²) in [6, 6.07) is 77.1. The number of anilines is 2. The van der Waals surface area contributed by atoms with Crippen LogP contribution in [0.25, 0.3) is 93.2 Å². The molecule has 1 aliphatic rings. The minimum absolute atomic E-state index is 0.0906. The summed E-state index contributed by atoms with van der Waals surface area (Å²) in [7, 11) is 0. The van der Waals surface area contributed by atoms with E-state index >= 15 is 0 Å². The van der Waals surface area contributed by atoms with E-state index < -0.39 is 0 Å². The largest absolute Gasteiger partial charge is 0.455 e. The van der Waals surface area contributed by atoms with E-state index in [1.165, 1.54) is 76.8 Å². The highest BCUT2D eigenvalue weighted by atomic mass is 16.3. The van der Waals surface area contributed by atoms with Crippen molar-refractivity contribution in [2.24, 2.45) is 0 Å². The minimum Gasteiger partial charge on any atom is -0.455 e. The number of hydrogen-bond donors (Lipinski definition) is 0. The Hall–Kier alpha value is -7.94. The van der Waals surface area contributed by atoms with Crippen LogP contribution in [0.1, 0.15) is 12.0 Å². The second-order valence-electron chi connectivity index (χ2n) is 16.4. The maximum atomic E-state index is 6.57. The van der Waals surface area contributed by atoms with Crippen LogP contribution >= 0.6 is 0 Å². The monoisotopic (exact) mass is 791 g/mol. The van der Waals surface area contributed by atoms with E-state index in [-0.39, 0.29) is 6.04 Å². The third kappa shape index (κ3) is 6.28. The quantitative estimate of drug-likeness (QED) is 0.160. The van der Waals surface area contributed by atoms with Crippen molar-refractivity contribution in [3.05, 3.63) is 236 Å². The van der Waals surface area contributed by atoms with Crippen molar-refractivity contribution in [2.45, 2.75) is 12.5 Å². The molecule has 0 radical (unpaired) electrons. The van der Waals surface area contributed by atoms with Gasteiger partial charge in [0.2, 0.25) is 0 Å². The lowest BCUT2D eigenvalue weighted by Crippen LogP contribution is -2.30. The molecule has 2 nitrogen and oxygen atoms in total. The first kappa shape index (κ1) is 36.0. The Bertz CT molecular complexity index is 3560. The van der Waals surface area contributed by atoms with Crippen molar-refractivity contribution < 1.29 is 4.42 Å². The number of nitrogens with zero attached hydrogens (tertiary/aromatic N) is 1. The van der Waals surface area contributed by atoms with Gasteiger partial charge in [-0.25, -0.2) is 0 Å². The average molecular weight is 792 g/mol. The lowest BCUT2D eigenvalue weighted by atomic mass is 9.92. The Kier molecular flexibility index (Phi) is 8.67. The zero-order chi connectivity index (χ0) is 41.0. The minimum atomic E-state index is 0.0906. The molecule has 11 aromatic rings. The van der Waals surface area contributed by atoms with Crippen LogP contribution in [-0.4, -0.2) is 6.04 Å². The van der Waals surface area contributed by atoms with Crippen LogP contribution in [0.2, 0.25) is 0 Å². The van der Waals surface area contributed by atoms with Crippen molar-refractivity contribution in [2.75, 3.05) is 4.90 Å². The highest BCUT2D eigenvalue weighted by molar-refractivity contribution is 6.18. The van der Waals surface area contributed by atoms with E-state index in [1.54, 1.807) is 0 Å². The summed E-state index contributed by atoms with van der Waals surface area (Å²) >= 11 is 0. The summed E-state index contributed by atoms with van der Waals surface area (Å²) in [5, 5.41) is 9.67. The molecule has 1 atom stereocenters. The van der Waals surface area contributed by atoms with Gasteiger partial charge >= 0.3 is 0 Å². The second kappa shape index (κ2) is 15.0. The van der Waals surface area contributed by atoms with E-state index in [0.29, 0.717) is 0 Å². The van der Waals surface area contributed by atoms with Gasteiger partial charge in [0, 0.05) is 27.5 Å². The molecule has 1 aliphatic carbocycles. The van der Waals surface area contributed by atoms with E-state index in [0.717, 1.165) is 39.7 Å². The highest BCUT2D eigenvalue weighted by Gasteiger charge is 2.23. The fraction of sp³-hybridized carbons (Fsp3) is 0.0333. The molecule has 1 heterocycles.